The second-order valence-corrected chi connectivity index (χ2v) is 6.44. The Labute approximate surface area is 169 Å². The summed E-state index contributed by atoms with van der Waals surface area (Å²) in [6, 6.07) is 14.4. The van der Waals surface area contributed by atoms with E-state index in [0.29, 0.717) is 0 Å². The standard InChI is InChI=1S/C17H15N3O2S.C2H2O4/c1-11(21)18-13-5-2-4-12(8-13)16-10-23-17(20-16)19-14-6-3-7-15(22)9-14;3-1(4)2(5)6/h2-10,22H,1H3,(H,18,21)(H,19,20);(H,3,4)(H,5,6). The maximum atomic E-state index is 11.1. The summed E-state index contributed by atoms with van der Waals surface area (Å²) in [7, 11) is 0. The van der Waals surface area contributed by atoms with Crippen LogP contribution in [0.3, 0.4) is 0 Å². The van der Waals surface area contributed by atoms with Crippen molar-refractivity contribution >= 4 is 45.7 Å². The molecule has 9 nitrogen and oxygen atoms in total. The molecule has 3 rings (SSSR count). The minimum Gasteiger partial charge on any atom is -0.508 e. The van der Waals surface area contributed by atoms with Gasteiger partial charge in [-0.15, -0.1) is 11.3 Å². The molecule has 0 bridgehead atoms. The van der Waals surface area contributed by atoms with Gasteiger partial charge in [-0.3, -0.25) is 4.79 Å². The summed E-state index contributed by atoms with van der Waals surface area (Å²) in [4.78, 5) is 33.9. The highest BCUT2D eigenvalue weighted by Crippen LogP contribution is 2.29. The molecule has 3 aromatic rings. The molecule has 0 aliphatic heterocycles. The Morgan fingerprint density at radius 1 is 0.966 bits per heavy atom. The van der Waals surface area contributed by atoms with Crippen LogP contribution in [-0.4, -0.2) is 38.1 Å². The van der Waals surface area contributed by atoms with Gasteiger partial charge in [0.25, 0.3) is 0 Å². The van der Waals surface area contributed by atoms with E-state index in [9.17, 15) is 9.90 Å². The van der Waals surface area contributed by atoms with E-state index in [2.05, 4.69) is 15.6 Å². The lowest BCUT2D eigenvalue weighted by Crippen LogP contribution is -2.09. The van der Waals surface area contributed by atoms with Crippen molar-refractivity contribution in [3.8, 4) is 17.0 Å². The number of amides is 1. The lowest BCUT2D eigenvalue weighted by Gasteiger charge is -2.04. The molecule has 10 heteroatoms. The van der Waals surface area contributed by atoms with E-state index >= 15 is 0 Å². The molecule has 150 valence electrons. The Bertz CT molecular complexity index is 1020. The number of nitrogens with zero attached hydrogens (tertiary/aromatic N) is 1. The van der Waals surface area contributed by atoms with Crippen molar-refractivity contribution in [2.24, 2.45) is 0 Å². The largest absolute Gasteiger partial charge is 0.508 e. The van der Waals surface area contributed by atoms with Crippen LogP contribution in [0, 0.1) is 0 Å². The Balaban J connectivity index is 0.000000438. The second kappa shape index (κ2) is 9.85. The molecule has 1 amide bonds. The Morgan fingerprint density at radius 3 is 2.24 bits per heavy atom. The zero-order valence-electron chi connectivity index (χ0n) is 15.1. The van der Waals surface area contributed by atoms with Crippen LogP contribution in [0.1, 0.15) is 6.92 Å². The average Bonchev–Trinajstić information content (AvgIpc) is 3.10. The molecule has 2 aromatic carbocycles. The monoisotopic (exact) mass is 415 g/mol. The predicted molar refractivity (Wildman–Crippen MR) is 109 cm³/mol. The summed E-state index contributed by atoms with van der Waals surface area (Å²) >= 11 is 1.47. The molecule has 0 saturated carbocycles. The highest BCUT2D eigenvalue weighted by molar-refractivity contribution is 7.14. The van der Waals surface area contributed by atoms with Gasteiger partial charge in [0, 0.05) is 35.3 Å². The average molecular weight is 415 g/mol. The minimum absolute atomic E-state index is 0.105. The molecule has 0 unspecified atom stereocenters. The molecule has 5 N–H and O–H groups in total. The van der Waals surface area contributed by atoms with Crippen molar-refractivity contribution in [1.29, 1.82) is 0 Å². The predicted octanol–water partition coefficient (Wildman–Crippen LogP) is 3.37. The molecule has 0 aliphatic rings. The van der Waals surface area contributed by atoms with Gasteiger partial charge in [0.15, 0.2) is 5.13 Å². The number of anilines is 3. The highest BCUT2D eigenvalue weighted by Gasteiger charge is 2.07. The number of aliphatic carboxylic acids is 2. The first-order valence-corrected chi connectivity index (χ1v) is 8.98. The number of carbonyl (C=O) groups excluding carboxylic acids is 1. The number of thiazole rings is 1. The smallest absolute Gasteiger partial charge is 0.414 e. The van der Waals surface area contributed by atoms with Crippen molar-refractivity contribution in [2.45, 2.75) is 6.92 Å². The van der Waals surface area contributed by atoms with Crippen LogP contribution in [0.25, 0.3) is 11.3 Å². The highest BCUT2D eigenvalue weighted by atomic mass is 32.1. The molecule has 0 fully saturated rings. The third-order valence-electron chi connectivity index (χ3n) is 3.26. The first kappa shape index (κ1) is 21.4. The Morgan fingerprint density at radius 2 is 1.62 bits per heavy atom. The molecular weight excluding hydrogens is 398 g/mol. The van der Waals surface area contributed by atoms with Gasteiger partial charge in [-0.25, -0.2) is 14.6 Å². The third-order valence-corrected chi connectivity index (χ3v) is 4.02. The number of aromatic hydroxyl groups is 1. The minimum atomic E-state index is -1.82. The number of benzene rings is 2. The summed E-state index contributed by atoms with van der Waals surface area (Å²) in [6.45, 7) is 1.48. The van der Waals surface area contributed by atoms with Crippen LogP contribution < -0.4 is 10.6 Å². The molecule has 1 aromatic heterocycles. The number of rotatable bonds is 4. The Hall–Kier alpha value is -3.92. The van der Waals surface area contributed by atoms with Gasteiger partial charge >= 0.3 is 11.9 Å². The number of hydrogen-bond donors (Lipinski definition) is 5. The fourth-order valence-electron chi connectivity index (χ4n) is 2.13. The molecule has 0 atom stereocenters. The molecule has 29 heavy (non-hydrogen) atoms. The zero-order valence-corrected chi connectivity index (χ0v) is 15.9. The number of phenolic OH excluding ortho intramolecular Hbond substituents is 1. The van der Waals surface area contributed by atoms with Crippen molar-refractivity contribution < 1.29 is 29.7 Å². The van der Waals surface area contributed by atoms with Crippen LogP contribution in [0.5, 0.6) is 5.75 Å². The fraction of sp³-hybridized carbons (Fsp3) is 0.0526. The number of carbonyl (C=O) groups is 3. The second-order valence-electron chi connectivity index (χ2n) is 5.59. The summed E-state index contributed by atoms with van der Waals surface area (Å²) in [5.74, 6) is -3.55. The number of nitrogens with one attached hydrogen (secondary N) is 2. The van der Waals surface area contributed by atoms with Gasteiger partial charge < -0.3 is 26.0 Å². The van der Waals surface area contributed by atoms with Crippen molar-refractivity contribution in [3.05, 3.63) is 53.9 Å². The zero-order chi connectivity index (χ0) is 21.4. The summed E-state index contributed by atoms with van der Waals surface area (Å²) < 4.78 is 0. The summed E-state index contributed by atoms with van der Waals surface area (Å²) in [6.07, 6.45) is 0. The molecule has 0 spiro atoms. The molecule has 0 aliphatic carbocycles. The van der Waals surface area contributed by atoms with Gasteiger partial charge in [0.1, 0.15) is 5.75 Å². The molecule has 0 saturated heterocycles. The van der Waals surface area contributed by atoms with Gasteiger partial charge in [-0.1, -0.05) is 18.2 Å². The van der Waals surface area contributed by atoms with Gasteiger partial charge in [-0.2, -0.15) is 0 Å². The lowest BCUT2D eigenvalue weighted by atomic mass is 10.1. The van der Waals surface area contributed by atoms with Crippen LogP contribution >= 0.6 is 11.3 Å². The first-order valence-electron chi connectivity index (χ1n) is 8.10. The topological polar surface area (TPSA) is 149 Å². The van der Waals surface area contributed by atoms with Crippen LogP contribution in [0.2, 0.25) is 0 Å². The number of carboxylic acids is 2. The van der Waals surface area contributed by atoms with Gasteiger partial charge in [0.05, 0.1) is 5.69 Å². The Kier molecular flexibility index (Phi) is 7.26. The number of carboxylic acid groups (broad SMARTS) is 2. The number of aromatic nitrogens is 1. The van der Waals surface area contributed by atoms with E-state index in [1.54, 1.807) is 18.2 Å². The summed E-state index contributed by atoms with van der Waals surface area (Å²) in [5, 5.41) is 32.9. The molecule has 0 radical (unpaired) electrons. The molecular formula is C19H17N3O6S. The van der Waals surface area contributed by atoms with Crippen molar-refractivity contribution in [3.63, 3.8) is 0 Å². The van der Waals surface area contributed by atoms with Crippen LogP contribution in [0.15, 0.2) is 53.9 Å². The first-order chi connectivity index (χ1) is 13.7. The van der Waals surface area contributed by atoms with Gasteiger partial charge in [-0.05, 0) is 24.3 Å². The molecule has 1 heterocycles. The quantitative estimate of drug-likeness (QED) is 0.407. The lowest BCUT2D eigenvalue weighted by molar-refractivity contribution is -0.159. The third kappa shape index (κ3) is 6.96. The van der Waals surface area contributed by atoms with Crippen LogP contribution in [0.4, 0.5) is 16.5 Å². The maximum absolute atomic E-state index is 11.1. The van der Waals surface area contributed by atoms with Crippen molar-refractivity contribution in [2.75, 3.05) is 10.6 Å². The maximum Gasteiger partial charge on any atom is 0.414 e. The fourth-order valence-corrected chi connectivity index (χ4v) is 2.87. The SMILES string of the molecule is CC(=O)Nc1cccc(-c2csc(Nc3cccc(O)c3)n2)c1.O=C(O)C(=O)O. The van der Waals surface area contributed by atoms with E-state index in [4.69, 9.17) is 19.8 Å². The van der Waals surface area contributed by atoms with E-state index in [1.807, 2.05) is 35.7 Å². The normalized spacial score (nSPS) is 9.69. The van der Waals surface area contributed by atoms with E-state index < -0.39 is 11.9 Å². The van der Waals surface area contributed by atoms with E-state index in [0.717, 1.165) is 27.8 Å². The van der Waals surface area contributed by atoms with E-state index in [-0.39, 0.29) is 11.7 Å². The van der Waals surface area contributed by atoms with Crippen molar-refractivity contribution in [1.82, 2.24) is 4.98 Å². The number of phenols is 1. The number of hydrogen-bond acceptors (Lipinski definition) is 7. The van der Waals surface area contributed by atoms with E-state index in [1.165, 1.54) is 18.3 Å². The summed E-state index contributed by atoms with van der Waals surface area (Å²) in [5.41, 5.74) is 3.27. The van der Waals surface area contributed by atoms with Crippen LogP contribution in [-0.2, 0) is 14.4 Å². The van der Waals surface area contributed by atoms with Gasteiger partial charge in [0.2, 0.25) is 5.91 Å².